The molecule has 5 atom stereocenters. The number of aliphatic hydroxyl groups excluding tert-OH is 2. The Kier molecular flexibility index (Phi) is 4.91. The third kappa shape index (κ3) is 2.66. The summed E-state index contributed by atoms with van der Waals surface area (Å²) in [6.07, 6.45) is -4.09. The summed E-state index contributed by atoms with van der Waals surface area (Å²) in [5.74, 6) is 0. The summed E-state index contributed by atoms with van der Waals surface area (Å²) in [4.78, 5) is 0. The van der Waals surface area contributed by atoms with Crippen LogP contribution in [-0.2, 0) is 18.9 Å². The van der Waals surface area contributed by atoms with E-state index in [1.54, 1.807) is 0 Å². The van der Waals surface area contributed by atoms with E-state index >= 15 is 0 Å². The summed E-state index contributed by atoms with van der Waals surface area (Å²) < 4.78 is 20.3. The maximum Gasteiger partial charge on any atom is 0.186 e. The first-order chi connectivity index (χ1) is 7.15. The zero-order valence-electron chi connectivity index (χ0n) is 9.12. The summed E-state index contributed by atoms with van der Waals surface area (Å²) >= 11 is 0. The van der Waals surface area contributed by atoms with Crippen LogP contribution in [-0.4, -0.2) is 68.9 Å². The quantitative estimate of drug-likeness (QED) is 0.618. The van der Waals surface area contributed by atoms with Gasteiger partial charge in [-0.2, -0.15) is 0 Å². The predicted octanol–water partition coefficient (Wildman–Crippen LogP) is -1.26. The van der Waals surface area contributed by atoms with Crippen molar-refractivity contribution in [2.45, 2.75) is 30.7 Å². The van der Waals surface area contributed by atoms with Gasteiger partial charge in [-0.25, -0.2) is 0 Å². The first-order valence-corrected chi connectivity index (χ1v) is 4.71. The number of aliphatic hydroxyl groups is 2. The highest BCUT2D eigenvalue weighted by Gasteiger charge is 2.44. The van der Waals surface area contributed by atoms with Crippen LogP contribution in [0.25, 0.3) is 0 Å². The van der Waals surface area contributed by atoms with Crippen LogP contribution in [0.3, 0.4) is 0 Å². The van der Waals surface area contributed by atoms with Gasteiger partial charge in [-0.3, -0.25) is 0 Å². The first-order valence-electron chi connectivity index (χ1n) is 4.71. The van der Waals surface area contributed by atoms with Gasteiger partial charge < -0.3 is 29.2 Å². The van der Waals surface area contributed by atoms with E-state index in [0.717, 1.165) is 0 Å². The van der Waals surface area contributed by atoms with Crippen molar-refractivity contribution in [1.29, 1.82) is 0 Å². The van der Waals surface area contributed by atoms with E-state index < -0.39 is 30.7 Å². The van der Waals surface area contributed by atoms with Crippen LogP contribution < -0.4 is 0 Å². The van der Waals surface area contributed by atoms with Gasteiger partial charge in [0, 0.05) is 21.3 Å². The highest BCUT2D eigenvalue weighted by molar-refractivity contribution is 4.89. The Morgan fingerprint density at radius 3 is 2.20 bits per heavy atom. The van der Waals surface area contributed by atoms with Crippen LogP contribution >= 0.6 is 0 Å². The van der Waals surface area contributed by atoms with Gasteiger partial charge in [-0.1, -0.05) is 0 Å². The summed E-state index contributed by atoms with van der Waals surface area (Å²) in [5, 5.41) is 19.4. The maximum absolute atomic E-state index is 9.75. The maximum atomic E-state index is 9.75. The van der Waals surface area contributed by atoms with E-state index in [1.807, 2.05) is 0 Å². The molecule has 0 aromatic carbocycles. The van der Waals surface area contributed by atoms with Crippen LogP contribution in [0.1, 0.15) is 0 Å². The minimum absolute atomic E-state index is 0.189. The zero-order chi connectivity index (χ0) is 11.4. The second-order valence-electron chi connectivity index (χ2n) is 3.42. The molecule has 0 aromatic rings. The highest BCUT2D eigenvalue weighted by atomic mass is 16.7. The normalized spacial score (nSPS) is 41.8. The summed E-state index contributed by atoms with van der Waals surface area (Å²) in [6, 6.07) is 0. The van der Waals surface area contributed by atoms with Gasteiger partial charge in [0.05, 0.1) is 6.61 Å². The number of hydrogen-bond acceptors (Lipinski definition) is 6. The lowest BCUT2D eigenvalue weighted by Gasteiger charge is -2.41. The van der Waals surface area contributed by atoms with E-state index in [2.05, 4.69) is 0 Å². The van der Waals surface area contributed by atoms with E-state index in [9.17, 15) is 10.2 Å². The second-order valence-corrected chi connectivity index (χ2v) is 3.42. The topological polar surface area (TPSA) is 77.4 Å². The van der Waals surface area contributed by atoms with Crippen molar-refractivity contribution < 1.29 is 29.2 Å². The molecule has 0 spiro atoms. The molecule has 0 aliphatic carbocycles. The third-order valence-corrected chi connectivity index (χ3v) is 2.48. The van der Waals surface area contributed by atoms with E-state index in [1.165, 1.54) is 21.3 Å². The molecule has 1 aliphatic rings. The Morgan fingerprint density at radius 1 is 1.07 bits per heavy atom. The van der Waals surface area contributed by atoms with Crippen molar-refractivity contribution in [3.05, 3.63) is 0 Å². The Balaban J connectivity index is 2.68. The zero-order valence-corrected chi connectivity index (χ0v) is 9.12. The monoisotopic (exact) mass is 222 g/mol. The van der Waals surface area contributed by atoms with Gasteiger partial charge in [0.1, 0.15) is 24.4 Å². The summed E-state index contributed by atoms with van der Waals surface area (Å²) in [7, 11) is 4.37. The largest absolute Gasteiger partial charge is 0.387 e. The number of methoxy groups -OCH3 is 3. The molecule has 1 aliphatic heterocycles. The van der Waals surface area contributed by atoms with Gasteiger partial charge in [-0.15, -0.1) is 0 Å². The van der Waals surface area contributed by atoms with Gasteiger partial charge in [-0.05, 0) is 0 Å². The fourth-order valence-corrected chi connectivity index (χ4v) is 1.65. The number of rotatable bonds is 4. The number of ether oxygens (including phenoxy) is 4. The molecular formula is C9H18O6. The third-order valence-electron chi connectivity index (χ3n) is 2.48. The molecule has 1 fully saturated rings. The summed E-state index contributed by atoms with van der Waals surface area (Å²) in [6.45, 7) is 0.189. The lowest BCUT2D eigenvalue weighted by atomic mass is 9.99. The average molecular weight is 222 g/mol. The molecule has 1 heterocycles. The molecule has 0 saturated carbocycles. The SMILES string of the molecule is COCC1OC(OC)C(OC)[C@H](O)[C@@H]1O. The van der Waals surface area contributed by atoms with Gasteiger partial charge in [0.15, 0.2) is 6.29 Å². The van der Waals surface area contributed by atoms with E-state index in [-0.39, 0.29) is 6.61 Å². The number of hydrogen-bond donors (Lipinski definition) is 2. The molecule has 1 rings (SSSR count). The Morgan fingerprint density at radius 2 is 1.73 bits per heavy atom. The molecule has 6 nitrogen and oxygen atoms in total. The van der Waals surface area contributed by atoms with Crippen LogP contribution in [0.4, 0.5) is 0 Å². The minimum atomic E-state index is -1.05. The van der Waals surface area contributed by atoms with Crippen molar-refractivity contribution >= 4 is 0 Å². The van der Waals surface area contributed by atoms with Gasteiger partial charge in [0.25, 0.3) is 0 Å². The van der Waals surface area contributed by atoms with Crippen molar-refractivity contribution in [3.63, 3.8) is 0 Å². The predicted molar refractivity (Wildman–Crippen MR) is 50.4 cm³/mol. The molecule has 0 aromatic heterocycles. The molecule has 3 unspecified atom stereocenters. The fraction of sp³-hybridized carbons (Fsp3) is 1.00. The lowest BCUT2D eigenvalue weighted by molar-refractivity contribution is -0.300. The smallest absolute Gasteiger partial charge is 0.186 e. The Hall–Kier alpha value is -0.240. The Bertz CT molecular complexity index is 183. The summed E-state index contributed by atoms with van der Waals surface area (Å²) in [5.41, 5.74) is 0. The minimum Gasteiger partial charge on any atom is -0.387 e. The van der Waals surface area contributed by atoms with Crippen molar-refractivity contribution in [2.75, 3.05) is 27.9 Å². The van der Waals surface area contributed by atoms with Crippen LogP contribution in [0, 0.1) is 0 Å². The van der Waals surface area contributed by atoms with Crippen molar-refractivity contribution in [3.8, 4) is 0 Å². The van der Waals surface area contributed by atoms with Crippen LogP contribution in [0.5, 0.6) is 0 Å². The van der Waals surface area contributed by atoms with Crippen LogP contribution in [0.2, 0.25) is 0 Å². The lowest BCUT2D eigenvalue weighted by Crippen LogP contribution is -2.59. The van der Waals surface area contributed by atoms with E-state index in [4.69, 9.17) is 18.9 Å². The molecule has 6 heteroatoms. The molecule has 0 amide bonds. The highest BCUT2D eigenvalue weighted by Crippen LogP contribution is 2.23. The Labute approximate surface area is 88.7 Å². The molecule has 90 valence electrons. The first kappa shape index (κ1) is 12.8. The molecule has 15 heavy (non-hydrogen) atoms. The van der Waals surface area contributed by atoms with Gasteiger partial charge in [0.2, 0.25) is 0 Å². The molecule has 1 saturated heterocycles. The average Bonchev–Trinajstić information content (AvgIpc) is 2.24. The molecule has 0 bridgehead atoms. The van der Waals surface area contributed by atoms with Crippen molar-refractivity contribution in [2.24, 2.45) is 0 Å². The molecule has 0 radical (unpaired) electrons. The van der Waals surface area contributed by atoms with Crippen LogP contribution in [0.15, 0.2) is 0 Å². The van der Waals surface area contributed by atoms with E-state index in [0.29, 0.717) is 0 Å². The molecular weight excluding hydrogens is 204 g/mol. The standard InChI is InChI=1S/C9H18O6/c1-12-4-5-6(10)7(11)8(13-2)9(14-3)15-5/h5-11H,4H2,1-3H3/t5?,6-,7-,8?,9?/m1/s1. The fourth-order valence-electron chi connectivity index (χ4n) is 1.65. The van der Waals surface area contributed by atoms with Crippen molar-refractivity contribution in [1.82, 2.24) is 0 Å². The second kappa shape index (κ2) is 5.74. The molecule has 2 N–H and O–H groups in total. The van der Waals surface area contributed by atoms with Gasteiger partial charge >= 0.3 is 0 Å².